The van der Waals surface area contributed by atoms with Gasteiger partial charge in [-0.3, -0.25) is 4.79 Å². The van der Waals surface area contributed by atoms with Crippen molar-refractivity contribution in [2.45, 2.75) is 19.4 Å². The Labute approximate surface area is 72.6 Å². The first-order valence-corrected chi connectivity index (χ1v) is 4.17. The normalized spacial score (nSPS) is 30.2. The Morgan fingerprint density at radius 2 is 2.33 bits per heavy atom. The van der Waals surface area contributed by atoms with E-state index in [9.17, 15) is 4.79 Å². The van der Waals surface area contributed by atoms with E-state index < -0.39 is 0 Å². The molecule has 0 heterocycles. The molecular weight excluding hydrogens is 154 g/mol. The molecule has 3 atom stereocenters. The standard InChI is InChI=1S/C9H15NO2/c1-6(10)7-3-4-8(5-7)9(11)12-2/h3-4,6-8H,5,10H2,1-2H3/t6-,7-,8+/m0/s1. The highest BCUT2D eigenvalue weighted by molar-refractivity contribution is 5.74. The fourth-order valence-electron chi connectivity index (χ4n) is 1.44. The zero-order valence-electron chi connectivity index (χ0n) is 7.49. The molecule has 68 valence electrons. The van der Waals surface area contributed by atoms with Crippen molar-refractivity contribution in [3.05, 3.63) is 12.2 Å². The fraction of sp³-hybridized carbons (Fsp3) is 0.667. The van der Waals surface area contributed by atoms with Gasteiger partial charge in [-0.25, -0.2) is 0 Å². The lowest BCUT2D eigenvalue weighted by Gasteiger charge is -2.13. The third-order valence-electron chi connectivity index (χ3n) is 2.30. The number of methoxy groups -OCH3 is 1. The monoisotopic (exact) mass is 169 g/mol. The molecule has 0 aromatic rings. The Morgan fingerprint density at radius 1 is 1.67 bits per heavy atom. The molecular formula is C9H15NO2. The molecule has 0 amide bonds. The van der Waals surface area contributed by atoms with Gasteiger partial charge >= 0.3 is 5.97 Å². The first-order chi connectivity index (χ1) is 5.65. The number of ether oxygens (including phenoxy) is 1. The van der Waals surface area contributed by atoms with Gasteiger partial charge < -0.3 is 10.5 Å². The highest BCUT2D eigenvalue weighted by Crippen LogP contribution is 2.25. The molecule has 1 aliphatic rings. The summed E-state index contributed by atoms with van der Waals surface area (Å²) >= 11 is 0. The largest absolute Gasteiger partial charge is 0.469 e. The van der Waals surface area contributed by atoms with Crippen LogP contribution in [0.2, 0.25) is 0 Å². The number of esters is 1. The maximum absolute atomic E-state index is 11.1. The van der Waals surface area contributed by atoms with E-state index in [4.69, 9.17) is 5.73 Å². The maximum atomic E-state index is 11.1. The molecule has 0 saturated heterocycles. The lowest BCUT2D eigenvalue weighted by molar-refractivity contribution is -0.143. The second-order valence-corrected chi connectivity index (χ2v) is 3.27. The van der Waals surface area contributed by atoms with Crippen LogP contribution in [0.3, 0.4) is 0 Å². The topological polar surface area (TPSA) is 52.3 Å². The van der Waals surface area contributed by atoms with Crippen LogP contribution >= 0.6 is 0 Å². The van der Waals surface area contributed by atoms with Gasteiger partial charge in [-0.15, -0.1) is 0 Å². The first-order valence-electron chi connectivity index (χ1n) is 4.17. The van der Waals surface area contributed by atoms with Gasteiger partial charge in [0, 0.05) is 6.04 Å². The molecule has 1 rings (SSSR count). The van der Waals surface area contributed by atoms with Crippen molar-refractivity contribution in [1.82, 2.24) is 0 Å². The predicted octanol–water partition coefficient (Wildman–Crippen LogP) is 0.699. The lowest BCUT2D eigenvalue weighted by Crippen LogP contribution is -2.25. The molecule has 3 heteroatoms. The summed E-state index contributed by atoms with van der Waals surface area (Å²) in [5, 5.41) is 0. The summed E-state index contributed by atoms with van der Waals surface area (Å²) in [6.45, 7) is 1.95. The summed E-state index contributed by atoms with van der Waals surface area (Å²) in [6.07, 6.45) is 4.69. The Bertz CT molecular complexity index is 199. The van der Waals surface area contributed by atoms with E-state index in [0.717, 1.165) is 6.42 Å². The van der Waals surface area contributed by atoms with E-state index in [-0.39, 0.29) is 17.9 Å². The van der Waals surface area contributed by atoms with Crippen LogP contribution in [0.15, 0.2) is 12.2 Å². The molecule has 0 aromatic carbocycles. The van der Waals surface area contributed by atoms with E-state index in [1.165, 1.54) is 7.11 Å². The average Bonchev–Trinajstić information content (AvgIpc) is 2.51. The first kappa shape index (κ1) is 9.26. The fourth-order valence-corrected chi connectivity index (χ4v) is 1.44. The number of hydrogen-bond acceptors (Lipinski definition) is 3. The van der Waals surface area contributed by atoms with Crippen LogP contribution in [-0.2, 0) is 9.53 Å². The van der Waals surface area contributed by atoms with E-state index >= 15 is 0 Å². The minimum atomic E-state index is -0.158. The summed E-state index contributed by atoms with van der Waals surface area (Å²) in [5.74, 6) is 0.0921. The summed E-state index contributed by atoms with van der Waals surface area (Å²) in [6, 6.07) is 0.121. The van der Waals surface area contributed by atoms with Crippen LogP contribution in [-0.4, -0.2) is 19.1 Å². The number of hydrogen-bond donors (Lipinski definition) is 1. The zero-order chi connectivity index (χ0) is 9.14. The molecule has 1 aliphatic carbocycles. The van der Waals surface area contributed by atoms with Gasteiger partial charge in [-0.05, 0) is 19.3 Å². The Morgan fingerprint density at radius 3 is 2.75 bits per heavy atom. The molecule has 0 spiro atoms. The maximum Gasteiger partial charge on any atom is 0.312 e. The Hall–Kier alpha value is -0.830. The summed E-state index contributed by atoms with van der Waals surface area (Å²) in [5.41, 5.74) is 5.70. The molecule has 2 N–H and O–H groups in total. The average molecular weight is 169 g/mol. The van der Waals surface area contributed by atoms with Crippen molar-refractivity contribution in [3.8, 4) is 0 Å². The number of nitrogens with two attached hydrogens (primary N) is 1. The number of rotatable bonds is 2. The Balaban J connectivity index is 2.47. The summed E-state index contributed by atoms with van der Waals surface area (Å²) < 4.78 is 4.63. The van der Waals surface area contributed by atoms with E-state index in [2.05, 4.69) is 4.74 Å². The molecule has 12 heavy (non-hydrogen) atoms. The van der Waals surface area contributed by atoms with Crippen molar-refractivity contribution in [1.29, 1.82) is 0 Å². The zero-order valence-corrected chi connectivity index (χ0v) is 7.49. The van der Waals surface area contributed by atoms with Gasteiger partial charge in [0.1, 0.15) is 0 Å². The van der Waals surface area contributed by atoms with Crippen LogP contribution in [0.5, 0.6) is 0 Å². The van der Waals surface area contributed by atoms with Gasteiger partial charge in [0.05, 0.1) is 13.0 Å². The van der Waals surface area contributed by atoms with Crippen LogP contribution in [0.25, 0.3) is 0 Å². The molecule has 0 fully saturated rings. The smallest absolute Gasteiger partial charge is 0.312 e. The van der Waals surface area contributed by atoms with Crippen molar-refractivity contribution < 1.29 is 9.53 Å². The molecule has 3 nitrogen and oxygen atoms in total. The quantitative estimate of drug-likeness (QED) is 0.489. The third kappa shape index (κ3) is 1.85. The summed E-state index contributed by atoms with van der Waals surface area (Å²) in [4.78, 5) is 11.1. The molecule has 0 radical (unpaired) electrons. The van der Waals surface area contributed by atoms with Crippen molar-refractivity contribution in [2.24, 2.45) is 17.6 Å². The molecule has 0 saturated carbocycles. The SMILES string of the molecule is COC(=O)[C@@H]1C=C[C@H]([C@H](C)N)C1. The number of carbonyl (C=O) groups excluding carboxylic acids is 1. The summed E-state index contributed by atoms with van der Waals surface area (Å²) in [7, 11) is 1.41. The van der Waals surface area contributed by atoms with Crippen molar-refractivity contribution >= 4 is 5.97 Å². The molecule has 0 bridgehead atoms. The highest BCUT2D eigenvalue weighted by atomic mass is 16.5. The van der Waals surface area contributed by atoms with E-state index in [0.29, 0.717) is 5.92 Å². The van der Waals surface area contributed by atoms with Crippen LogP contribution in [0.4, 0.5) is 0 Å². The second-order valence-electron chi connectivity index (χ2n) is 3.27. The minimum Gasteiger partial charge on any atom is -0.469 e. The van der Waals surface area contributed by atoms with E-state index in [1.807, 2.05) is 19.1 Å². The Kier molecular flexibility index (Phi) is 2.87. The third-order valence-corrected chi connectivity index (χ3v) is 2.30. The predicted molar refractivity (Wildman–Crippen MR) is 46.4 cm³/mol. The van der Waals surface area contributed by atoms with Gasteiger partial charge in [0.2, 0.25) is 0 Å². The molecule has 0 aromatic heterocycles. The lowest BCUT2D eigenvalue weighted by atomic mass is 9.98. The number of carbonyl (C=O) groups is 1. The highest BCUT2D eigenvalue weighted by Gasteiger charge is 2.26. The molecule has 0 unspecified atom stereocenters. The van der Waals surface area contributed by atoms with Crippen LogP contribution in [0.1, 0.15) is 13.3 Å². The van der Waals surface area contributed by atoms with Crippen LogP contribution in [0, 0.1) is 11.8 Å². The van der Waals surface area contributed by atoms with Gasteiger partial charge in [-0.2, -0.15) is 0 Å². The molecule has 0 aliphatic heterocycles. The van der Waals surface area contributed by atoms with Crippen molar-refractivity contribution in [2.75, 3.05) is 7.11 Å². The van der Waals surface area contributed by atoms with Gasteiger partial charge in [0.15, 0.2) is 0 Å². The van der Waals surface area contributed by atoms with Crippen molar-refractivity contribution in [3.63, 3.8) is 0 Å². The van der Waals surface area contributed by atoms with E-state index in [1.54, 1.807) is 0 Å². The second kappa shape index (κ2) is 3.72. The van der Waals surface area contributed by atoms with Gasteiger partial charge in [0.25, 0.3) is 0 Å². The van der Waals surface area contributed by atoms with Gasteiger partial charge in [-0.1, -0.05) is 12.2 Å². The van der Waals surface area contributed by atoms with Crippen LogP contribution < -0.4 is 5.73 Å². The minimum absolute atomic E-state index is 0.0778.